The summed E-state index contributed by atoms with van der Waals surface area (Å²) in [5.74, 6) is 0.474. The number of carbonyl (C=O) groups excluding carboxylic acids is 2. The maximum Gasteiger partial charge on any atom is 0.319 e. The number of hydrogen-bond acceptors (Lipinski definition) is 3. The molecule has 130 valence electrons. The molecule has 1 heterocycles. The lowest BCUT2D eigenvalue weighted by atomic mass is 10.2. The van der Waals surface area contributed by atoms with Crippen molar-refractivity contribution in [3.8, 4) is 5.75 Å². The number of nitrogens with one attached hydrogen (secondary N) is 2. The summed E-state index contributed by atoms with van der Waals surface area (Å²) in [6.07, 6.45) is 0.575. The van der Waals surface area contributed by atoms with Gasteiger partial charge < -0.3 is 20.3 Å². The van der Waals surface area contributed by atoms with E-state index in [1.807, 2.05) is 49.4 Å². The minimum absolute atomic E-state index is 0.0995. The van der Waals surface area contributed by atoms with E-state index in [9.17, 15) is 9.59 Å². The van der Waals surface area contributed by atoms with E-state index in [0.29, 0.717) is 24.4 Å². The highest BCUT2D eigenvalue weighted by atomic mass is 16.5. The van der Waals surface area contributed by atoms with Gasteiger partial charge in [0, 0.05) is 12.2 Å². The van der Waals surface area contributed by atoms with Crippen LogP contribution in [0, 0.1) is 6.92 Å². The first-order valence-corrected chi connectivity index (χ1v) is 8.17. The molecule has 1 saturated heterocycles. The van der Waals surface area contributed by atoms with Crippen molar-refractivity contribution in [2.24, 2.45) is 0 Å². The Kier molecular flexibility index (Phi) is 4.88. The van der Waals surface area contributed by atoms with Gasteiger partial charge in [0.2, 0.25) is 5.91 Å². The highest BCUT2D eigenvalue weighted by Crippen LogP contribution is 2.25. The van der Waals surface area contributed by atoms with Crippen LogP contribution < -0.4 is 20.3 Å². The predicted octanol–water partition coefficient (Wildman–Crippen LogP) is 2.93. The van der Waals surface area contributed by atoms with Crippen LogP contribution in [0.2, 0.25) is 0 Å². The fraction of sp³-hybridized carbons (Fsp3) is 0.263. The number of carbonyl (C=O) groups is 2. The molecule has 0 aromatic heterocycles. The number of ether oxygens (including phenoxy) is 1. The van der Waals surface area contributed by atoms with Crippen LogP contribution in [0.3, 0.4) is 0 Å². The van der Waals surface area contributed by atoms with Gasteiger partial charge in [0.05, 0.1) is 12.8 Å². The summed E-state index contributed by atoms with van der Waals surface area (Å²) in [6.45, 7) is 2.52. The van der Waals surface area contributed by atoms with Gasteiger partial charge in [-0.2, -0.15) is 0 Å². The van der Waals surface area contributed by atoms with Crippen molar-refractivity contribution in [1.29, 1.82) is 0 Å². The summed E-state index contributed by atoms with van der Waals surface area (Å²) in [5, 5.41) is 5.51. The molecule has 2 N–H and O–H groups in total. The second kappa shape index (κ2) is 7.25. The molecule has 3 amide bonds. The lowest BCUT2D eigenvalue weighted by Gasteiger charge is -2.17. The van der Waals surface area contributed by atoms with Gasteiger partial charge in [-0.1, -0.05) is 24.3 Å². The second-order valence-electron chi connectivity index (χ2n) is 5.97. The van der Waals surface area contributed by atoms with Crippen molar-refractivity contribution >= 4 is 23.3 Å². The van der Waals surface area contributed by atoms with Crippen molar-refractivity contribution in [1.82, 2.24) is 5.32 Å². The average Bonchev–Trinajstić information content (AvgIpc) is 2.96. The number of urea groups is 1. The summed E-state index contributed by atoms with van der Waals surface area (Å²) in [7, 11) is 1.55. The maximum absolute atomic E-state index is 12.5. The number of rotatable bonds is 4. The third-order valence-corrected chi connectivity index (χ3v) is 4.18. The maximum atomic E-state index is 12.5. The van der Waals surface area contributed by atoms with E-state index in [0.717, 1.165) is 11.3 Å². The van der Waals surface area contributed by atoms with Gasteiger partial charge >= 0.3 is 6.03 Å². The second-order valence-corrected chi connectivity index (χ2v) is 5.97. The van der Waals surface area contributed by atoms with Crippen LogP contribution in [0.4, 0.5) is 16.2 Å². The van der Waals surface area contributed by atoms with Crippen LogP contribution >= 0.6 is 0 Å². The fourth-order valence-electron chi connectivity index (χ4n) is 2.91. The van der Waals surface area contributed by atoms with Gasteiger partial charge in [-0.05, 0) is 43.2 Å². The first-order valence-electron chi connectivity index (χ1n) is 8.17. The molecule has 1 aliphatic rings. The lowest BCUT2D eigenvalue weighted by Crippen LogP contribution is -2.43. The van der Waals surface area contributed by atoms with Gasteiger partial charge in [-0.3, -0.25) is 4.79 Å². The number of para-hydroxylation sites is 1. The van der Waals surface area contributed by atoms with E-state index in [1.54, 1.807) is 18.1 Å². The molecule has 1 atom stereocenters. The van der Waals surface area contributed by atoms with E-state index < -0.39 is 12.1 Å². The van der Waals surface area contributed by atoms with Crippen LogP contribution in [-0.4, -0.2) is 31.6 Å². The van der Waals surface area contributed by atoms with Gasteiger partial charge in [0.25, 0.3) is 0 Å². The minimum Gasteiger partial charge on any atom is -0.495 e. The van der Waals surface area contributed by atoms with Gasteiger partial charge in [0.1, 0.15) is 11.8 Å². The Morgan fingerprint density at radius 1 is 1.20 bits per heavy atom. The molecule has 2 aromatic rings. The molecule has 0 saturated carbocycles. The van der Waals surface area contributed by atoms with Crippen molar-refractivity contribution in [2.75, 3.05) is 23.9 Å². The number of nitrogens with zero attached hydrogens (tertiary/aromatic N) is 1. The summed E-state index contributed by atoms with van der Waals surface area (Å²) in [4.78, 5) is 26.5. The number of hydrogen-bond donors (Lipinski definition) is 2. The number of amides is 3. The van der Waals surface area contributed by atoms with Gasteiger partial charge in [-0.25, -0.2) is 4.79 Å². The highest BCUT2D eigenvalue weighted by molar-refractivity contribution is 6.02. The molecule has 6 nitrogen and oxygen atoms in total. The predicted molar refractivity (Wildman–Crippen MR) is 97.1 cm³/mol. The Labute approximate surface area is 146 Å². The van der Waals surface area contributed by atoms with Gasteiger partial charge in [0.15, 0.2) is 0 Å². The van der Waals surface area contributed by atoms with E-state index in [4.69, 9.17) is 4.74 Å². The van der Waals surface area contributed by atoms with Crippen LogP contribution in [0.15, 0.2) is 48.5 Å². The Hall–Kier alpha value is -3.02. The SMILES string of the molecule is COc1ccc(C)cc1NC(=O)N[C@H]1CCN(c2ccccc2)C1=O. The number of aryl methyl sites for hydroxylation is 1. The molecule has 0 unspecified atom stereocenters. The molecular formula is C19H21N3O3. The quantitative estimate of drug-likeness (QED) is 0.900. The topological polar surface area (TPSA) is 70.7 Å². The summed E-state index contributed by atoms with van der Waals surface area (Å²) < 4.78 is 5.25. The molecule has 3 rings (SSSR count). The molecule has 0 spiro atoms. The minimum atomic E-state index is -0.531. The monoisotopic (exact) mass is 339 g/mol. The molecule has 0 radical (unpaired) electrons. The van der Waals surface area contributed by atoms with Crippen molar-refractivity contribution in [2.45, 2.75) is 19.4 Å². The van der Waals surface area contributed by atoms with Gasteiger partial charge in [-0.15, -0.1) is 0 Å². The van der Waals surface area contributed by atoms with Crippen molar-refractivity contribution < 1.29 is 14.3 Å². The fourth-order valence-corrected chi connectivity index (χ4v) is 2.91. The third kappa shape index (κ3) is 3.74. The molecule has 2 aromatic carbocycles. The lowest BCUT2D eigenvalue weighted by molar-refractivity contribution is -0.118. The van der Waals surface area contributed by atoms with Crippen LogP contribution in [0.25, 0.3) is 0 Å². The Bertz CT molecular complexity index is 777. The molecule has 6 heteroatoms. The van der Waals surface area contributed by atoms with E-state index in [2.05, 4.69) is 10.6 Å². The van der Waals surface area contributed by atoms with Crippen molar-refractivity contribution in [3.63, 3.8) is 0 Å². The zero-order valence-electron chi connectivity index (χ0n) is 14.3. The average molecular weight is 339 g/mol. The third-order valence-electron chi connectivity index (χ3n) is 4.18. The first-order chi connectivity index (χ1) is 12.1. The van der Waals surface area contributed by atoms with Crippen LogP contribution in [-0.2, 0) is 4.79 Å². The van der Waals surface area contributed by atoms with E-state index >= 15 is 0 Å². The highest BCUT2D eigenvalue weighted by Gasteiger charge is 2.33. The summed E-state index contributed by atoms with van der Waals surface area (Å²) in [6, 6.07) is 14.0. The largest absolute Gasteiger partial charge is 0.495 e. The molecule has 0 aliphatic carbocycles. The Morgan fingerprint density at radius 2 is 1.96 bits per heavy atom. The molecule has 1 aliphatic heterocycles. The summed E-state index contributed by atoms with van der Waals surface area (Å²) in [5.41, 5.74) is 2.42. The molecule has 1 fully saturated rings. The normalized spacial score (nSPS) is 16.6. The smallest absolute Gasteiger partial charge is 0.319 e. The van der Waals surface area contributed by atoms with Crippen LogP contribution in [0.5, 0.6) is 5.75 Å². The number of anilines is 2. The number of methoxy groups -OCH3 is 1. The Morgan fingerprint density at radius 3 is 2.68 bits per heavy atom. The molecule has 25 heavy (non-hydrogen) atoms. The van der Waals surface area contributed by atoms with E-state index in [-0.39, 0.29) is 5.91 Å². The van der Waals surface area contributed by atoms with Crippen LogP contribution in [0.1, 0.15) is 12.0 Å². The standard InChI is InChI=1S/C19H21N3O3/c1-13-8-9-17(25-2)16(12-13)21-19(24)20-15-10-11-22(18(15)23)14-6-4-3-5-7-14/h3-9,12,15H,10-11H2,1-2H3,(H2,20,21,24)/t15-/m0/s1. The number of benzene rings is 2. The zero-order valence-corrected chi connectivity index (χ0v) is 14.3. The molecular weight excluding hydrogens is 318 g/mol. The van der Waals surface area contributed by atoms with Crippen molar-refractivity contribution in [3.05, 3.63) is 54.1 Å². The Balaban J connectivity index is 1.64. The van der Waals surface area contributed by atoms with E-state index in [1.165, 1.54) is 0 Å². The molecule has 0 bridgehead atoms. The summed E-state index contributed by atoms with van der Waals surface area (Å²) >= 11 is 0. The first kappa shape index (κ1) is 16.8. The zero-order chi connectivity index (χ0) is 17.8.